The predicted octanol–water partition coefficient (Wildman–Crippen LogP) is 2.28. The van der Waals surface area contributed by atoms with E-state index in [0.717, 1.165) is 11.3 Å². The highest BCUT2D eigenvalue weighted by Crippen LogP contribution is 2.14. The molecule has 0 atom stereocenters. The number of carbonyl (C=O) groups is 1. The van der Waals surface area contributed by atoms with Crippen LogP contribution >= 0.6 is 0 Å². The third kappa shape index (κ3) is 4.34. The number of para-hydroxylation sites is 2. The molecule has 1 N–H and O–H groups in total. The SMILES string of the molecule is COc1ccccc1C=NNC(=O)CN(C)c1ccccc1. The van der Waals surface area contributed by atoms with E-state index in [1.165, 1.54) is 0 Å². The molecule has 0 aliphatic rings. The number of anilines is 1. The van der Waals surface area contributed by atoms with Gasteiger partial charge in [-0.15, -0.1) is 0 Å². The minimum atomic E-state index is -0.183. The first-order chi connectivity index (χ1) is 10.7. The van der Waals surface area contributed by atoms with Crippen LogP contribution in [0, 0.1) is 0 Å². The van der Waals surface area contributed by atoms with Gasteiger partial charge in [-0.2, -0.15) is 5.10 Å². The number of nitrogens with zero attached hydrogens (tertiary/aromatic N) is 2. The molecular weight excluding hydrogens is 278 g/mol. The summed E-state index contributed by atoms with van der Waals surface area (Å²) in [5.74, 6) is 0.527. The summed E-state index contributed by atoms with van der Waals surface area (Å²) in [5.41, 5.74) is 4.30. The number of ether oxygens (including phenoxy) is 1. The number of hydrogen-bond donors (Lipinski definition) is 1. The molecule has 0 bridgehead atoms. The maximum absolute atomic E-state index is 11.9. The lowest BCUT2D eigenvalue weighted by atomic mass is 10.2. The van der Waals surface area contributed by atoms with Gasteiger partial charge in [-0.25, -0.2) is 5.43 Å². The minimum absolute atomic E-state index is 0.183. The van der Waals surface area contributed by atoms with Crippen molar-refractivity contribution in [2.45, 2.75) is 0 Å². The summed E-state index contributed by atoms with van der Waals surface area (Å²) in [5, 5.41) is 3.97. The highest BCUT2D eigenvalue weighted by molar-refractivity contribution is 5.86. The topological polar surface area (TPSA) is 53.9 Å². The molecule has 2 rings (SSSR count). The minimum Gasteiger partial charge on any atom is -0.496 e. The molecule has 0 unspecified atom stereocenters. The summed E-state index contributed by atoms with van der Waals surface area (Å²) in [4.78, 5) is 13.7. The Morgan fingerprint density at radius 3 is 2.59 bits per heavy atom. The van der Waals surface area contributed by atoms with Gasteiger partial charge in [0.25, 0.3) is 5.91 Å². The number of hydrogen-bond acceptors (Lipinski definition) is 4. The Morgan fingerprint density at radius 1 is 1.18 bits per heavy atom. The van der Waals surface area contributed by atoms with E-state index in [4.69, 9.17) is 4.74 Å². The van der Waals surface area contributed by atoms with Gasteiger partial charge in [-0.3, -0.25) is 4.79 Å². The molecule has 2 aromatic rings. The average molecular weight is 297 g/mol. The van der Waals surface area contributed by atoms with Gasteiger partial charge in [-0.1, -0.05) is 30.3 Å². The Balaban J connectivity index is 1.89. The van der Waals surface area contributed by atoms with Crippen LogP contribution in [0.2, 0.25) is 0 Å². The van der Waals surface area contributed by atoms with E-state index >= 15 is 0 Å². The van der Waals surface area contributed by atoms with Crippen LogP contribution in [0.1, 0.15) is 5.56 Å². The van der Waals surface area contributed by atoms with Crippen LogP contribution in [0.15, 0.2) is 59.7 Å². The summed E-state index contributed by atoms with van der Waals surface area (Å²) < 4.78 is 5.21. The van der Waals surface area contributed by atoms with Crippen LogP contribution in [-0.2, 0) is 4.79 Å². The Hall–Kier alpha value is -2.82. The fourth-order valence-electron chi connectivity index (χ4n) is 1.97. The lowest BCUT2D eigenvalue weighted by Gasteiger charge is -2.17. The highest BCUT2D eigenvalue weighted by Gasteiger charge is 2.06. The number of rotatable bonds is 6. The van der Waals surface area contributed by atoms with Crippen LogP contribution < -0.4 is 15.1 Å². The average Bonchev–Trinajstić information content (AvgIpc) is 2.56. The van der Waals surface area contributed by atoms with Crippen molar-refractivity contribution in [3.8, 4) is 5.75 Å². The quantitative estimate of drug-likeness (QED) is 0.657. The summed E-state index contributed by atoms with van der Waals surface area (Å²) in [6.07, 6.45) is 1.57. The van der Waals surface area contributed by atoms with Crippen molar-refractivity contribution in [3.63, 3.8) is 0 Å². The number of methoxy groups -OCH3 is 1. The molecule has 2 aromatic carbocycles. The molecule has 0 aliphatic heterocycles. The van der Waals surface area contributed by atoms with Crippen molar-refractivity contribution in [1.29, 1.82) is 0 Å². The molecule has 0 heterocycles. The second kappa shape index (κ2) is 7.83. The second-order valence-electron chi connectivity index (χ2n) is 4.73. The second-order valence-corrected chi connectivity index (χ2v) is 4.73. The number of likely N-dealkylation sites (N-methyl/N-ethyl adjacent to an activating group) is 1. The van der Waals surface area contributed by atoms with E-state index in [2.05, 4.69) is 10.5 Å². The summed E-state index contributed by atoms with van der Waals surface area (Å²) in [7, 11) is 3.46. The fourth-order valence-corrected chi connectivity index (χ4v) is 1.97. The molecule has 0 saturated heterocycles. The van der Waals surface area contributed by atoms with Gasteiger partial charge >= 0.3 is 0 Å². The summed E-state index contributed by atoms with van der Waals surface area (Å²) in [6, 6.07) is 17.2. The number of carbonyl (C=O) groups excluding carboxylic acids is 1. The lowest BCUT2D eigenvalue weighted by Crippen LogP contribution is -2.32. The van der Waals surface area contributed by atoms with Crippen molar-refractivity contribution >= 4 is 17.8 Å². The zero-order valence-corrected chi connectivity index (χ0v) is 12.7. The van der Waals surface area contributed by atoms with E-state index in [0.29, 0.717) is 5.75 Å². The Kier molecular flexibility index (Phi) is 5.54. The number of hydrazone groups is 1. The fraction of sp³-hybridized carbons (Fsp3) is 0.176. The van der Waals surface area contributed by atoms with Crippen LogP contribution in [0.4, 0.5) is 5.69 Å². The van der Waals surface area contributed by atoms with Crippen LogP contribution in [-0.4, -0.2) is 32.8 Å². The summed E-state index contributed by atoms with van der Waals surface area (Å²) in [6.45, 7) is 0.229. The van der Waals surface area contributed by atoms with Gasteiger partial charge < -0.3 is 9.64 Å². The lowest BCUT2D eigenvalue weighted by molar-refractivity contribution is -0.119. The third-order valence-electron chi connectivity index (χ3n) is 3.11. The largest absolute Gasteiger partial charge is 0.496 e. The van der Waals surface area contributed by atoms with E-state index in [1.807, 2.05) is 66.5 Å². The van der Waals surface area contributed by atoms with Crippen LogP contribution in [0.5, 0.6) is 5.75 Å². The van der Waals surface area contributed by atoms with Gasteiger partial charge in [0.15, 0.2) is 0 Å². The van der Waals surface area contributed by atoms with Crippen LogP contribution in [0.25, 0.3) is 0 Å². The number of benzene rings is 2. The zero-order chi connectivity index (χ0) is 15.8. The molecule has 5 nitrogen and oxygen atoms in total. The Bertz CT molecular complexity index is 641. The van der Waals surface area contributed by atoms with Crippen molar-refractivity contribution in [1.82, 2.24) is 5.43 Å². The van der Waals surface area contributed by atoms with Crippen LogP contribution in [0.3, 0.4) is 0 Å². The highest BCUT2D eigenvalue weighted by atomic mass is 16.5. The van der Waals surface area contributed by atoms with E-state index < -0.39 is 0 Å². The predicted molar refractivity (Wildman–Crippen MR) is 88.4 cm³/mol. The van der Waals surface area contributed by atoms with E-state index in [1.54, 1.807) is 13.3 Å². The third-order valence-corrected chi connectivity index (χ3v) is 3.11. The Labute approximate surface area is 130 Å². The molecule has 0 aliphatic carbocycles. The number of nitrogens with one attached hydrogen (secondary N) is 1. The molecule has 0 aromatic heterocycles. The maximum Gasteiger partial charge on any atom is 0.259 e. The molecule has 0 spiro atoms. The van der Waals surface area contributed by atoms with Gasteiger partial charge in [0.2, 0.25) is 0 Å². The first-order valence-electron chi connectivity index (χ1n) is 6.92. The van der Waals surface area contributed by atoms with Gasteiger partial charge in [0, 0.05) is 18.3 Å². The summed E-state index contributed by atoms with van der Waals surface area (Å²) >= 11 is 0. The Morgan fingerprint density at radius 2 is 1.86 bits per heavy atom. The molecule has 0 saturated carbocycles. The molecule has 0 fully saturated rings. The standard InChI is InChI=1S/C17H19N3O2/c1-20(15-9-4-3-5-10-15)13-17(21)19-18-12-14-8-6-7-11-16(14)22-2/h3-12H,13H2,1-2H3,(H,19,21). The molecule has 22 heavy (non-hydrogen) atoms. The molecule has 114 valence electrons. The van der Waals surface area contributed by atoms with E-state index in [-0.39, 0.29) is 12.5 Å². The van der Waals surface area contributed by atoms with Crippen molar-refractivity contribution < 1.29 is 9.53 Å². The zero-order valence-electron chi connectivity index (χ0n) is 12.7. The van der Waals surface area contributed by atoms with Gasteiger partial charge in [-0.05, 0) is 24.3 Å². The molecule has 5 heteroatoms. The maximum atomic E-state index is 11.9. The van der Waals surface area contributed by atoms with E-state index in [9.17, 15) is 4.79 Å². The molecular formula is C17H19N3O2. The first-order valence-corrected chi connectivity index (χ1v) is 6.92. The molecule has 1 amide bonds. The van der Waals surface area contributed by atoms with Crippen molar-refractivity contribution in [3.05, 3.63) is 60.2 Å². The number of amides is 1. The van der Waals surface area contributed by atoms with Crippen molar-refractivity contribution in [2.75, 3.05) is 25.6 Å². The van der Waals surface area contributed by atoms with Gasteiger partial charge in [0.05, 0.1) is 19.9 Å². The monoisotopic (exact) mass is 297 g/mol. The molecule has 0 radical (unpaired) electrons. The first kappa shape index (κ1) is 15.6. The van der Waals surface area contributed by atoms with Crippen molar-refractivity contribution in [2.24, 2.45) is 5.10 Å². The smallest absolute Gasteiger partial charge is 0.259 e. The van der Waals surface area contributed by atoms with Gasteiger partial charge in [0.1, 0.15) is 5.75 Å². The normalized spacial score (nSPS) is 10.5.